The number of aryl methyl sites for hydroxylation is 3. The lowest BCUT2D eigenvalue weighted by atomic mass is 9.98. The van der Waals surface area contributed by atoms with E-state index < -0.39 is 10.0 Å². The third kappa shape index (κ3) is 4.87. The Morgan fingerprint density at radius 2 is 1.65 bits per heavy atom. The van der Waals surface area contributed by atoms with Crippen molar-refractivity contribution in [1.82, 2.24) is 9.29 Å². The number of sulfonamides is 1. The van der Waals surface area contributed by atoms with E-state index in [1.54, 1.807) is 13.8 Å². The summed E-state index contributed by atoms with van der Waals surface area (Å²) >= 11 is 1.36. The zero-order valence-electron chi connectivity index (χ0n) is 18.6. The van der Waals surface area contributed by atoms with Gasteiger partial charge < -0.3 is 0 Å². The number of amides is 1. The van der Waals surface area contributed by atoms with Gasteiger partial charge in [-0.05, 0) is 70.0 Å². The second-order valence-corrected chi connectivity index (χ2v) is 10.8. The number of aromatic nitrogens is 1. The third-order valence-electron chi connectivity index (χ3n) is 5.18. The molecule has 1 N–H and O–H groups in total. The quantitative estimate of drug-likeness (QED) is 0.564. The van der Waals surface area contributed by atoms with Crippen LogP contribution >= 0.6 is 11.3 Å². The highest BCUT2D eigenvalue weighted by Gasteiger charge is 2.23. The van der Waals surface area contributed by atoms with Crippen molar-refractivity contribution >= 4 is 32.4 Å². The first-order valence-corrected chi connectivity index (χ1v) is 12.3. The molecule has 3 rings (SSSR count). The maximum Gasteiger partial charge on any atom is 0.257 e. The molecule has 0 spiro atoms. The molecule has 3 aromatic rings. The molecule has 0 saturated carbocycles. The minimum atomic E-state index is -3.59. The molecule has 0 aliphatic rings. The first-order valence-electron chi connectivity index (χ1n) is 9.94. The fourth-order valence-corrected chi connectivity index (χ4v) is 5.49. The SMILES string of the molecule is Cc1cc(C)c(-c2csc(NC(=O)c3ccc(S(=O)(=O)N(C)C(C)C)cc3)n2)c(C)c1. The van der Waals surface area contributed by atoms with Gasteiger partial charge in [0.15, 0.2) is 5.13 Å². The fourth-order valence-electron chi connectivity index (χ4n) is 3.42. The topological polar surface area (TPSA) is 79.4 Å². The van der Waals surface area contributed by atoms with E-state index in [0.29, 0.717) is 10.7 Å². The number of carbonyl (C=O) groups excluding carboxylic acids is 1. The van der Waals surface area contributed by atoms with Crippen LogP contribution in [-0.2, 0) is 10.0 Å². The van der Waals surface area contributed by atoms with Gasteiger partial charge in [0.05, 0.1) is 10.6 Å². The summed E-state index contributed by atoms with van der Waals surface area (Å²) in [6, 6.07) is 10.0. The highest BCUT2D eigenvalue weighted by atomic mass is 32.2. The van der Waals surface area contributed by atoms with Crippen LogP contribution in [0.3, 0.4) is 0 Å². The molecule has 0 bridgehead atoms. The van der Waals surface area contributed by atoms with E-state index in [-0.39, 0.29) is 16.8 Å². The molecular weight excluding hydrogens is 430 g/mol. The monoisotopic (exact) mass is 457 g/mol. The van der Waals surface area contributed by atoms with Crippen molar-refractivity contribution in [2.24, 2.45) is 0 Å². The summed E-state index contributed by atoms with van der Waals surface area (Å²) < 4.78 is 26.5. The van der Waals surface area contributed by atoms with E-state index in [4.69, 9.17) is 0 Å². The number of benzene rings is 2. The number of nitrogens with one attached hydrogen (secondary N) is 1. The fraction of sp³-hybridized carbons (Fsp3) is 0.304. The maximum atomic E-state index is 12.6. The molecule has 1 amide bonds. The van der Waals surface area contributed by atoms with E-state index in [0.717, 1.165) is 22.4 Å². The van der Waals surface area contributed by atoms with E-state index >= 15 is 0 Å². The molecule has 0 fully saturated rings. The summed E-state index contributed by atoms with van der Waals surface area (Å²) in [6.07, 6.45) is 0. The number of anilines is 1. The summed E-state index contributed by atoms with van der Waals surface area (Å²) in [5, 5.41) is 5.23. The predicted molar refractivity (Wildman–Crippen MR) is 126 cm³/mol. The molecule has 31 heavy (non-hydrogen) atoms. The van der Waals surface area contributed by atoms with Gasteiger partial charge in [0.1, 0.15) is 0 Å². The van der Waals surface area contributed by atoms with E-state index in [9.17, 15) is 13.2 Å². The summed E-state index contributed by atoms with van der Waals surface area (Å²) in [7, 11) is -2.05. The minimum absolute atomic E-state index is 0.155. The van der Waals surface area contributed by atoms with Crippen LogP contribution in [0.4, 0.5) is 5.13 Å². The number of hydrogen-bond donors (Lipinski definition) is 1. The van der Waals surface area contributed by atoms with Crippen LogP contribution in [0.1, 0.15) is 40.9 Å². The van der Waals surface area contributed by atoms with Crippen molar-refractivity contribution in [2.75, 3.05) is 12.4 Å². The molecule has 2 aromatic carbocycles. The highest BCUT2D eigenvalue weighted by Crippen LogP contribution is 2.31. The smallest absolute Gasteiger partial charge is 0.257 e. The summed E-state index contributed by atoms with van der Waals surface area (Å²) in [5.41, 5.74) is 5.76. The Labute approximate surface area is 188 Å². The van der Waals surface area contributed by atoms with Gasteiger partial charge in [-0.2, -0.15) is 4.31 Å². The number of thiazole rings is 1. The van der Waals surface area contributed by atoms with E-state index in [2.05, 4.69) is 43.2 Å². The molecule has 8 heteroatoms. The minimum Gasteiger partial charge on any atom is -0.298 e. The molecule has 0 saturated heterocycles. The Kier molecular flexibility index (Phi) is 6.64. The maximum absolute atomic E-state index is 12.6. The standard InChI is InChI=1S/C23H27N3O3S2/c1-14(2)26(6)31(28,29)19-9-7-18(8-10-19)22(27)25-23-24-20(13-30-23)21-16(4)11-15(3)12-17(21)5/h7-14H,1-6H3,(H,24,25,27). The van der Waals surface area contributed by atoms with Gasteiger partial charge in [0.25, 0.3) is 5.91 Å². The van der Waals surface area contributed by atoms with Crippen LogP contribution in [0.2, 0.25) is 0 Å². The Morgan fingerprint density at radius 3 is 2.19 bits per heavy atom. The number of hydrogen-bond acceptors (Lipinski definition) is 5. The van der Waals surface area contributed by atoms with Gasteiger partial charge in [-0.3, -0.25) is 10.1 Å². The Morgan fingerprint density at radius 1 is 1.06 bits per heavy atom. The lowest BCUT2D eigenvalue weighted by molar-refractivity contribution is 0.102. The average molecular weight is 458 g/mol. The molecule has 0 aliphatic heterocycles. The largest absolute Gasteiger partial charge is 0.298 e. The Balaban J connectivity index is 1.78. The number of carbonyl (C=O) groups is 1. The van der Waals surface area contributed by atoms with Crippen LogP contribution in [-0.4, -0.2) is 36.7 Å². The van der Waals surface area contributed by atoms with Gasteiger partial charge in [0.2, 0.25) is 10.0 Å². The summed E-state index contributed by atoms with van der Waals surface area (Å²) in [6.45, 7) is 9.79. The summed E-state index contributed by atoms with van der Waals surface area (Å²) in [4.78, 5) is 17.4. The van der Waals surface area contributed by atoms with Gasteiger partial charge in [-0.15, -0.1) is 11.3 Å². The predicted octanol–water partition coefficient (Wildman–Crippen LogP) is 5.02. The zero-order valence-corrected chi connectivity index (χ0v) is 20.2. The third-order valence-corrected chi connectivity index (χ3v) is 7.98. The highest BCUT2D eigenvalue weighted by molar-refractivity contribution is 7.89. The van der Waals surface area contributed by atoms with Crippen LogP contribution in [0.5, 0.6) is 0 Å². The molecule has 0 atom stereocenters. The molecular formula is C23H27N3O3S2. The second-order valence-electron chi connectivity index (χ2n) is 7.91. The first-order chi connectivity index (χ1) is 14.5. The second kappa shape index (κ2) is 8.90. The van der Waals surface area contributed by atoms with E-state index in [1.165, 1.54) is 52.5 Å². The van der Waals surface area contributed by atoms with Crippen molar-refractivity contribution in [2.45, 2.75) is 45.6 Å². The molecule has 1 aromatic heterocycles. The first kappa shape index (κ1) is 23.1. The van der Waals surface area contributed by atoms with Crippen LogP contribution in [0, 0.1) is 20.8 Å². The van der Waals surface area contributed by atoms with Crippen LogP contribution < -0.4 is 5.32 Å². The molecule has 0 unspecified atom stereocenters. The lowest BCUT2D eigenvalue weighted by Gasteiger charge is -2.21. The van der Waals surface area contributed by atoms with Gasteiger partial charge >= 0.3 is 0 Å². The molecule has 164 valence electrons. The van der Waals surface area contributed by atoms with Crippen molar-refractivity contribution in [1.29, 1.82) is 0 Å². The van der Waals surface area contributed by atoms with Crippen molar-refractivity contribution in [3.8, 4) is 11.3 Å². The molecule has 6 nitrogen and oxygen atoms in total. The van der Waals surface area contributed by atoms with E-state index in [1.807, 2.05) is 5.38 Å². The van der Waals surface area contributed by atoms with Crippen molar-refractivity contribution in [3.63, 3.8) is 0 Å². The molecule has 0 aliphatic carbocycles. The van der Waals surface area contributed by atoms with Crippen LogP contribution in [0.15, 0.2) is 46.7 Å². The normalized spacial score (nSPS) is 11.9. The van der Waals surface area contributed by atoms with Gasteiger partial charge in [-0.1, -0.05) is 17.7 Å². The molecule has 1 heterocycles. The van der Waals surface area contributed by atoms with Crippen molar-refractivity contribution in [3.05, 3.63) is 64.0 Å². The Bertz CT molecular complexity index is 1190. The lowest BCUT2D eigenvalue weighted by Crippen LogP contribution is -2.33. The van der Waals surface area contributed by atoms with Crippen LogP contribution in [0.25, 0.3) is 11.3 Å². The summed E-state index contributed by atoms with van der Waals surface area (Å²) in [5.74, 6) is -0.334. The number of nitrogens with zero attached hydrogens (tertiary/aromatic N) is 2. The van der Waals surface area contributed by atoms with Crippen molar-refractivity contribution < 1.29 is 13.2 Å². The Hall–Kier alpha value is -2.55. The van der Waals surface area contributed by atoms with Gasteiger partial charge in [-0.25, -0.2) is 13.4 Å². The number of rotatable bonds is 6. The zero-order chi connectivity index (χ0) is 22.9. The molecule has 0 radical (unpaired) electrons. The average Bonchev–Trinajstić information content (AvgIpc) is 3.14. The van der Waals surface area contributed by atoms with Gasteiger partial charge in [0, 0.05) is 29.6 Å².